The largest absolute Gasteiger partial charge is 0.508 e. The van der Waals surface area contributed by atoms with Crippen molar-refractivity contribution in [3.63, 3.8) is 0 Å². The summed E-state index contributed by atoms with van der Waals surface area (Å²) in [6.07, 6.45) is -2.45. The Bertz CT molecular complexity index is 3140. The van der Waals surface area contributed by atoms with Crippen LogP contribution in [0.3, 0.4) is 0 Å². The standard InChI is InChI=1S/C58H80N16O14/c1-30(2)22-42(51(82)66-40(16-11-21-63-57(61)62-5)50(81)67-41(49(60)80)25-35-28-64-39-15-10-9-14-38(35)39)70-58(88)73-72-53(84)43(23-33-12-7-6-8-13-33)69-55(86)48(31(3)75)71-52(83)44(27-47(59)79)68-54(85)46-26-37(78)29-74(46)56(87)45(65-32(4)76)24-34-17-19-36(77)20-18-34/h6-10,12-15,17-20,28,30-31,37,40-46,48,64,75,77-78H,11,16,21-27,29H2,1-5H3,(H2,59,79)(H2,60,80)(H,65,76)(H,66,82)(H,67,81)(H,68,85)(H,69,86)(H,71,83)(H,72,84)(H3,61,62,63)(H2,70,73,88)/t31-,37-,40+,41+,42+,43+,44-,45-,46+,48+/m1/s1. The van der Waals surface area contributed by atoms with Crippen LogP contribution in [0.15, 0.2) is 90.1 Å². The Morgan fingerprint density at radius 1 is 0.670 bits per heavy atom. The molecule has 1 aliphatic rings. The second kappa shape index (κ2) is 33.2. The lowest BCUT2D eigenvalue weighted by molar-refractivity contribution is -0.142. The number of rotatable bonds is 30. The monoisotopic (exact) mass is 1220 g/mol. The van der Waals surface area contributed by atoms with Gasteiger partial charge >= 0.3 is 6.03 Å². The summed E-state index contributed by atoms with van der Waals surface area (Å²) in [4.78, 5) is 157. The Balaban J connectivity index is 1.28. The minimum Gasteiger partial charge on any atom is -0.508 e. The summed E-state index contributed by atoms with van der Waals surface area (Å²) in [5.41, 5.74) is 23.9. The number of hydrogen-bond acceptors (Lipinski definition) is 15. The van der Waals surface area contributed by atoms with Gasteiger partial charge in [-0.3, -0.25) is 58.4 Å². The molecular weight excluding hydrogens is 1140 g/mol. The number of urea groups is 1. The number of β-amino-alcohol motifs (C(OH)–C–C–N with tert-alkyl or cyclic N) is 1. The molecule has 0 radical (unpaired) electrons. The number of hydrazine groups is 1. The molecule has 476 valence electrons. The van der Waals surface area contributed by atoms with Crippen LogP contribution >= 0.6 is 0 Å². The second-order valence-electron chi connectivity index (χ2n) is 21.8. The summed E-state index contributed by atoms with van der Waals surface area (Å²) in [6.45, 7) is 5.70. The van der Waals surface area contributed by atoms with Gasteiger partial charge in [-0.1, -0.05) is 74.5 Å². The third kappa shape index (κ3) is 21.3. The van der Waals surface area contributed by atoms with Gasteiger partial charge < -0.3 is 84.9 Å². The van der Waals surface area contributed by atoms with Crippen LogP contribution in [0.4, 0.5) is 4.79 Å². The zero-order chi connectivity index (χ0) is 64.8. The smallest absolute Gasteiger partial charge is 0.334 e. The molecule has 0 bridgehead atoms. The van der Waals surface area contributed by atoms with Crippen LogP contribution in [0.25, 0.3) is 10.9 Å². The van der Waals surface area contributed by atoms with Crippen molar-refractivity contribution in [2.24, 2.45) is 28.1 Å². The van der Waals surface area contributed by atoms with Crippen LogP contribution in [0.1, 0.15) is 76.5 Å². The maximum absolute atomic E-state index is 14.1. The molecule has 1 aromatic heterocycles. The number of carbonyl (C=O) groups excluding carboxylic acids is 11. The van der Waals surface area contributed by atoms with Gasteiger partial charge in [0.2, 0.25) is 53.2 Å². The number of phenolic OH excluding ortho intramolecular Hbond substituents is 1. The number of benzene rings is 3. The number of nitrogens with two attached hydrogens (primary N) is 3. The van der Waals surface area contributed by atoms with Gasteiger partial charge in [-0.25, -0.2) is 10.2 Å². The van der Waals surface area contributed by atoms with Crippen LogP contribution in [-0.2, 0) is 67.2 Å². The number of carbonyl (C=O) groups is 11. The van der Waals surface area contributed by atoms with Crippen molar-refractivity contribution in [3.05, 3.63) is 102 Å². The number of nitrogens with one attached hydrogen (secondary N) is 11. The number of aromatic amines is 1. The van der Waals surface area contributed by atoms with Crippen molar-refractivity contribution >= 4 is 82.0 Å². The third-order valence-corrected chi connectivity index (χ3v) is 14.2. The number of aromatic hydroxyl groups is 1. The zero-order valence-corrected chi connectivity index (χ0v) is 49.5. The first-order valence-corrected chi connectivity index (χ1v) is 28.5. The molecule has 0 aliphatic carbocycles. The summed E-state index contributed by atoms with van der Waals surface area (Å²) in [7, 11) is 1.48. The maximum Gasteiger partial charge on any atom is 0.334 e. The highest BCUT2D eigenvalue weighted by atomic mass is 16.3. The molecule has 5 rings (SSSR count). The SMILES string of the molecule is CN=C(N)NCCC[C@H](NC(=O)[C@H](CC(C)C)NC(=O)NNC(=O)[C@H](Cc1ccccc1)NC(=O)[C@@H](NC(=O)[C@@H](CC(N)=O)NC(=O)[C@@H]1C[C@@H](O)CN1C(=O)[C@@H](Cc1ccc(O)cc1)NC(C)=O)[C@@H](C)O)C(=O)N[C@@H](Cc1c[nH]c2ccccc12)C(N)=O. The molecule has 0 unspecified atom stereocenters. The number of H-pyrrole nitrogens is 1. The zero-order valence-electron chi connectivity index (χ0n) is 49.5. The van der Waals surface area contributed by atoms with Crippen molar-refractivity contribution in [2.45, 2.75) is 140 Å². The first-order chi connectivity index (χ1) is 41.7. The summed E-state index contributed by atoms with van der Waals surface area (Å²) in [5, 5.41) is 52.5. The highest BCUT2D eigenvalue weighted by Gasteiger charge is 2.43. The first-order valence-electron chi connectivity index (χ1n) is 28.5. The van der Waals surface area contributed by atoms with Crippen molar-refractivity contribution < 1.29 is 68.1 Å². The highest BCUT2D eigenvalue weighted by molar-refractivity contribution is 5.99. The molecule has 20 N–H and O–H groups in total. The van der Waals surface area contributed by atoms with E-state index in [0.29, 0.717) is 16.7 Å². The summed E-state index contributed by atoms with van der Waals surface area (Å²) in [6, 6.07) is 8.44. The summed E-state index contributed by atoms with van der Waals surface area (Å²) < 4.78 is 0. The fraction of sp³-hybridized carbons (Fsp3) is 0.448. The van der Waals surface area contributed by atoms with E-state index < -0.39 is 132 Å². The number of primary amides is 2. The lowest BCUT2D eigenvalue weighted by Gasteiger charge is -2.30. The molecule has 0 spiro atoms. The molecule has 4 aromatic rings. The highest BCUT2D eigenvalue weighted by Crippen LogP contribution is 2.23. The quantitative estimate of drug-likeness (QED) is 0.0105. The van der Waals surface area contributed by atoms with E-state index in [0.717, 1.165) is 22.7 Å². The minimum absolute atomic E-state index is 0.0122. The van der Waals surface area contributed by atoms with E-state index in [1.165, 1.54) is 38.2 Å². The number of guanidine groups is 1. The molecule has 12 amide bonds. The summed E-state index contributed by atoms with van der Waals surface area (Å²) >= 11 is 0. The Morgan fingerprint density at radius 3 is 1.92 bits per heavy atom. The van der Waals surface area contributed by atoms with Crippen LogP contribution < -0.4 is 70.6 Å². The number of fused-ring (bicyclic) bond motifs is 1. The van der Waals surface area contributed by atoms with Gasteiger partial charge in [0.25, 0.3) is 5.91 Å². The number of aliphatic imine (C=N–C) groups is 1. The van der Waals surface area contributed by atoms with Crippen molar-refractivity contribution in [1.82, 2.24) is 63.3 Å². The molecule has 30 nitrogen and oxygen atoms in total. The normalized spacial score (nSPS) is 16.6. The third-order valence-electron chi connectivity index (χ3n) is 14.2. The number of aliphatic hydroxyl groups is 2. The van der Waals surface area contributed by atoms with E-state index >= 15 is 0 Å². The van der Waals surface area contributed by atoms with Crippen molar-refractivity contribution in [3.8, 4) is 5.75 Å². The van der Waals surface area contributed by atoms with Gasteiger partial charge in [0.1, 0.15) is 54.1 Å². The molecule has 2 heterocycles. The predicted molar refractivity (Wildman–Crippen MR) is 320 cm³/mol. The maximum atomic E-state index is 14.1. The molecule has 1 fully saturated rings. The Labute approximate surface area is 507 Å². The number of aliphatic hydroxyl groups excluding tert-OH is 2. The van der Waals surface area contributed by atoms with Crippen molar-refractivity contribution in [2.75, 3.05) is 20.1 Å². The van der Waals surface area contributed by atoms with Crippen molar-refractivity contribution in [1.29, 1.82) is 0 Å². The Hall–Kier alpha value is -9.84. The molecular formula is C58H80N16O14. The fourth-order valence-electron chi connectivity index (χ4n) is 9.74. The summed E-state index contributed by atoms with van der Waals surface area (Å²) in [5.74, 6) is -9.47. The van der Waals surface area contributed by atoms with E-state index in [2.05, 4.69) is 63.4 Å². The Kier molecular flexibility index (Phi) is 26.0. The molecule has 88 heavy (non-hydrogen) atoms. The average Bonchev–Trinajstić information content (AvgIpc) is 2.76. The van der Waals surface area contributed by atoms with Gasteiger partial charge in [0, 0.05) is 69.8 Å². The van der Waals surface area contributed by atoms with Gasteiger partial charge in [-0.15, -0.1) is 0 Å². The predicted octanol–water partition coefficient (Wildman–Crippen LogP) is -3.41. The fourth-order valence-corrected chi connectivity index (χ4v) is 9.74. The number of likely N-dealkylation sites (tertiary alicyclic amines) is 1. The van der Waals surface area contributed by atoms with Crippen LogP contribution in [0, 0.1) is 5.92 Å². The van der Waals surface area contributed by atoms with Crippen LogP contribution in [-0.4, -0.2) is 177 Å². The number of para-hydroxylation sites is 1. The second-order valence-corrected chi connectivity index (χ2v) is 21.8. The molecule has 1 saturated heterocycles. The van der Waals surface area contributed by atoms with E-state index in [9.17, 15) is 68.1 Å². The Morgan fingerprint density at radius 2 is 1.28 bits per heavy atom. The molecule has 3 aromatic carbocycles. The number of nitrogens with zero attached hydrogens (tertiary/aromatic N) is 2. The van der Waals surface area contributed by atoms with E-state index in [4.69, 9.17) is 17.2 Å². The van der Waals surface area contributed by atoms with Crippen LogP contribution in [0.5, 0.6) is 5.75 Å². The van der Waals surface area contributed by atoms with E-state index in [-0.39, 0.29) is 75.7 Å². The van der Waals surface area contributed by atoms with Gasteiger partial charge in [-0.05, 0) is 67.0 Å². The van der Waals surface area contributed by atoms with Gasteiger partial charge in [0.15, 0.2) is 5.96 Å². The van der Waals surface area contributed by atoms with Crippen LogP contribution in [0.2, 0.25) is 0 Å². The number of aromatic nitrogens is 1. The average molecular weight is 1230 g/mol. The lowest BCUT2D eigenvalue weighted by atomic mass is 10.0. The molecule has 1 aliphatic heterocycles. The number of hydrogen-bond donors (Lipinski definition) is 17. The minimum atomic E-state index is -1.89. The topological polar surface area (TPSA) is 478 Å². The lowest BCUT2D eigenvalue weighted by Crippen LogP contribution is -2.62. The molecule has 0 saturated carbocycles. The van der Waals surface area contributed by atoms with Gasteiger partial charge in [-0.2, -0.15) is 0 Å². The van der Waals surface area contributed by atoms with E-state index in [1.54, 1.807) is 50.4 Å². The van der Waals surface area contributed by atoms with E-state index in [1.807, 2.05) is 24.3 Å². The molecule has 30 heteroatoms. The number of amides is 12. The van der Waals surface area contributed by atoms with Gasteiger partial charge in [0.05, 0.1) is 18.6 Å². The molecule has 10 atom stereocenters. The number of phenols is 1. The first kappa shape index (κ1) is 68.9.